The molecule has 2 rings (SSSR count). The number of aliphatic hydroxyl groups excluding tert-OH is 1. The van der Waals surface area contributed by atoms with Crippen LogP contribution in [0.15, 0.2) is 24.3 Å². The average molecular weight is 183 g/mol. The Morgan fingerprint density at radius 2 is 2.00 bits per heavy atom. The van der Waals surface area contributed by atoms with Crippen molar-refractivity contribution < 1.29 is 5.11 Å². The fourth-order valence-electron chi connectivity index (χ4n) is 1.55. The van der Waals surface area contributed by atoms with Crippen molar-refractivity contribution in [1.82, 2.24) is 0 Å². The second kappa shape index (κ2) is 2.75. The van der Waals surface area contributed by atoms with Crippen molar-refractivity contribution in [2.24, 2.45) is 0 Å². The molecule has 0 amide bonds. The molecule has 0 heterocycles. The van der Waals surface area contributed by atoms with Gasteiger partial charge in [-0.3, -0.25) is 0 Å². The lowest BCUT2D eigenvalue weighted by atomic mass is 9.97. The van der Waals surface area contributed by atoms with E-state index in [1.807, 2.05) is 24.3 Å². The molecule has 12 heavy (non-hydrogen) atoms. The van der Waals surface area contributed by atoms with Crippen molar-refractivity contribution in [3.05, 3.63) is 34.9 Å². The highest BCUT2D eigenvalue weighted by atomic mass is 35.5. The summed E-state index contributed by atoms with van der Waals surface area (Å²) in [7, 11) is 0. The number of hydrogen-bond acceptors (Lipinski definition) is 1. The third kappa shape index (κ3) is 1.13. The second-order valence-corrected chi connectivity index (χ2v) is 3.83. The van der Waals surface area contributed by atoms with Crippen LogP contribution in [0, 0.1) is 0 Å². The van der Waals surface area contributed by atoms with Gasteiger partial charge in [0.05, 0.1) is 6.61 Å². The minimum atomic E-state index is -0.00164. The minimum absolute atomic E-state index is 0.00164. The molecule has 0 spiro atoms. The van der Waals surface area contributed by atoms with Crippen LogP contribution in [0.5, 0.6) is 0 Å². The third-order valence-electron chi connectivity index (χ3n) is 2.60. The Labute approximate surface area is 77.0 Å². The van der Waals surface area contributed by atoms with Crippen LogP contribution in [0.3, 0.4) is 0 Å². The Balaban J connectivity index is 2.40. The first-order valence-corrected chi connectivity index (χ1v) is 4.52. The SMILES string of the molecule is OCC1(c2ccccc2Cl)CC1. The van der Waals surface area contributed by atoms with E-state index in [2.05, 4.69) is 0 Å². The zero-order valence-electron chi connectivity index (χ0n) is 6.76. The van der Waals surface area contributed by atoms with Gasteiger partial charge in [-0.25, -0.2) is 0 Å². The van der Waals surface area contributed by atoms with E-state index in [-0.39, 0.29) is 12.0 Å². The maximum atomic E-state index is 9.18. The van der Waals surface area contributed by atoms with Crippen LogP contribution in [0.4, 0.5) is 0 Å². The smallest absolute Gasteiger partial charge is 0.0528 e. The quantitative estimate of drug-likeness (QED) is 0.745. The molecule has 1 N–H and O–H groups in total. The molecule has 1 aromatic carbocycles. The predicted molar refractivity (Wildman–Crippen MR) is 49.4 cm³/mol. The molecule has 0 aromatic heterocycles. The lowest BCUT2D eigenvalue weighted by Gasteiger charge is -2.13. The van der Waals surface area contributed by atoms with Crippen LogP contribution in [-0.4, -0.2) is 11.7 Å². The van der Waals surface area contributed by atoms with Gasteiger partial charge in [0.1, 0.15) is 0 Å². The Bertz CT molecular complexity index is 292. The summed E-state index contributed by atoms with van der Waals surface area (Å²) in [4.78, 5) is 0. The molecule has 64 valence electrons. The zero-order chi connectivity index (χ0) is 8.60. The third-order valence-corrected chi connectivity index (χ3v) is 2.93. The largest absolute Gasteiger partial charge is 0.395 e. The van der Waals surface area contributed by atoms with Crippen LogP contribution in [0.25, 0.3) is 0 Å². The molecule has 1 aliphatic rings. The van der Waals surface area contributed by atoms with E-state index >= 15 is 0 Å². The van der Waals surface area contributed by atoms with Crippen LogP contribution >= 0.6 is 11.6 Å². The summed E-state index contributed by atoms with van der Waals surface area (Å²) in [5, 5.41) is 9.96. The predicted octanol–water partition coefficient (Wildman–Crippen LogP) is 2.36. The second-order valence-electron chi connectivity index (χ2n) is 3.42. The van der Waals surface area contributed by atoms with Gasteiger partial charge in [-0.15, -0.1) is 0 Å². The van der Waals surface area contributed by atoms with E-state index in [0.29, 0.717) is 0 Å². The monoisotopic (exact) mass is 182 g/mol. The number of aliphatic hydroxyl groups is 1. The molecule has 0 saturated heterocycles. The molecule has 0 radical (unpaired) electrons. The van der Waals surface area contributed by atoms with Crippen molar-refractivity contribution in [2.75, 3.05) is 6.61 Å². The van der Waals surface area contributed by atoms with Gasteiger partial charge >= 0.3 is 0 Å². The molecule has 0 aliphatic heterocycles. The van der Waals surface area contributed by atoms with Crippen LogP contribution in [0.1, 0.15) is 18.4 Å². The van der Waals surface area contributed by atoms with E-state index in [1.165, 1.54) is 0 Å². The summed E-state index contributed by atoms with van der Waals surface area (Å²) in [5.74, 6) is 0. The van der Waals surface area contributed by atoms with E-state index in [9.17, 15) is 5.11 Å². The summed E-state index contributed by atoms with van der Waals surface area (Å²) >= 11 is 6.02. The van der Waals surface area contributed by atoms with Gasteiger partial charge in [0.2, 0.25) is 0 Å². The Hall–Kier alpha value is -0.530. The molecule has 1 aliphatic carbocycles. The first-order chi connectivity index (χ1) is 5.78. The van der Waals surface area contributed by atoms with Gasteiger partial charge in [-0.2, -0.15) is 0 Å². The maximum Gasteiger partial charge on any atom is 0.0528 e. The summed E-state index contributed by atoms with van der Waals surface area (Å²) in [6.45, 7) is 0.219. The van der Waals surface area contributed by atoms with Gasteiger partial charge < -0.3 is 5.11 Å². The normalized spacial score (nSPS) is 19.2. The summed E-state index contributed by atoms with van der Waals surface area (Å²) in [5.41, 5.74) is 1.10. The first-order valence-electron chi connectivity index (χ1n) is 4.14. The standard InChI is InChI=1S/C10H11ClO/c11-9-4-2-1-3-8(9)10(7-12)5-6-10/h1-4,12H,5-7H2. The molecule has 1 nitrogen and oxygen atoms in total. The van der Waals surface area contributed by atoms with Gasteiger partial charge in [-0.1, -0.05) is 29.8 Å². The molecule has 0 unspecified atom stereocenters. The molecule has 1 aromatic rings. The van der Waals surface area contributed by atoms with Crippen molar-refractivity contribution in [1.29, 1.82) is 0 Å². The summed E-state index contributed by atoms with van der Waals surface area (Å²) in [6.07, 6.45) is 2.13. The minimum Gasteiger partial charge on any atom is -0.395 e. The number of halogens is 1. The molecular weight excluding hydrogens is 172 g/mol. The lowest BCUT2D eigenvalue weighted by molar-refractivity contribution is 0.255. The van der Waals surface area contributed by atoms with Crippen LogP contribution in [0.2, 0.25) is 5.02 Å². The number of rotatable bonds is 2. The Kier molecular flexibility index (Phi) is 1.85. The Morgan fingerprint density at radius 3 is 2.50 bits per heavy atom. The lowest BCUT2D eigenvalue weighted by Crippen LogP contribution is -2.12. The van der Waals surface area contributed by atoms with Crippen LogP contribution in [-0.2, 0) is 5.41 Å². The molecular formula is C10H11ClO. The maximum absolute atomic E-state index is 9.18. The Morgan fingerprint density at radius 1 is 1.33 bits per heavy atom. The molecule has 0 atom stereocenters. The van der Waals surface area contributed by atoms with Crippen molar-refractivity contribution in [3.63, 3.8) is 0 Å². The topological polar surface area (TPSA) is 20.2 Å². The van der Waals surface area contributed by atoms with Gasteiger partial charge in [-0.05, 0) is 24.5 Å². The van der Waals surface area contributed by atoms with Gasteiger partial charge in [0.15, 0.2) is 0 Å². The first kappa shape index (κ1) is 8.09. The van der Waals surface area contributed by atoms with E-state index in [0.717, 1.165) is 23.4 Å². The van der Waals surface area contributed by atoms with Gasteiger partial charge in [0, 0.05) is 10.4 Å². The van der Waals surface area contributed by atoms with Crippen molar-refractivity contribution >= 4 is 11.6 Å². The highest BCUT2D eigenvalue weighted by Crippen LogP contribution is 2.49. The number of benzene rings is 1. The summed E-state index contributed by atoms with van der Waals surface area (Å²) in [6, 6.07) is 7.77. The van der Waals surface area contributed by atoms with E-state index < -0.39 is 0 Å². The average Bonchev–Trinajstić information content (AvgIpc) is 2.86. The molecule has 0 bridgehead atoms. The molecule has 2 heteroatoms. The fourth-order valence-corrected chi connectivity index (χ4v) is 1.89. The zero-order valence-corrected chi connectivity index (χ0v) is 7.51. The van der Waals surface area contributed by atoms with Crippen molar-refractivity contribution in [2.45, 2.75) is 18.3 Å². The molecule has 1 fully saturated rings. The summed E-state index contributed by atoms with van der Waals surface area (Å²) < 4.78 is 0. The highest BCUT2D eigenvalue weighted by Gasteiger charge is 2.44. The van der Waals surface area contributed by atoms with Crippen molar-refractivity contribution in [3.8, 4) is 0 Å². The van der Waals surface area contributed by atoms with E-state index in [4.69, 9.17) is 11.6 Å². The van der Waals surface area contributed by atoms with Gasteiger partial charge in [0.25, 0.3) is 0 Å². The molecule has 1 saturated carbocycles. The fraction of sp³-hybridized carbons (Fsp3) is 0.400. The van der Waals surface area contributed by atoms with E-state index in [1.54, 1.807) is 0 Å². The number of hydrogen-bond donors (Lipinski definition) is 1. The highest BCUT2D eigenvalue weighted by molar-refractivity contribution is 6.31. The van der Waals surface area contributed by atoms with Crippen LogP contribution < -0.4 is 0 Å².